The summed E-state index contributed by atoms with van der Waals surface area (Å²) < 4.78 is 0. The lowest BCUT2D eigenvalue weighted by molar-refractivity contribution is -0.873. The maximum Gasteiger partial charge on any atom is 0.260 e. The fourth-order valence-corrected chi connectivity index (χ4v) is 2.77. The second kappa shape index (κ2) is 3.99. The van der Waals surface area contributed by atoms with Gasteiger partial charge in [-0.1, -0.05) is 0 Å². The quantitative estimate of drug-likeness (QED) is 0.788. The van der Waals surface area contributed by atoms with Crippen molar-refractivity contribution < 1.29 is 4.90 Å². The maximum atomic E-state index is 11.9. The number of nitrogens with one attached hydrogen (secondary N) is 2. The van der Waals surface area contributed by atoms with Gasteiger partial charge >= 0.3 is 0 Å². The van der Waals surface area contributed by atoms with Crippen molar-refractivity contribution in [3.63, 3.8) is 0 Å². The van der Waals surface area contributed by atoms with Crippen molar-refractivity contribution in [3.05, 3.63) is 26.6 Å². The largest absolute Gasteiger partial charge is 0.334 e. The minimum atomic E-state index is -0.0110. The molecule has 0 aromatic carbocycles. The van der Waals surface area contributed by atoms with Gasteiger partial charge in [-0.3, -0.25) is 4.79 Å². The molecule has 0 unspecified atom stereocenters. The summed E-state index contributed by atoms with van der Waals surface area (Å²) in [6, 6.07) is 0. The Kier molecular flexibility index (Phi) is 2.82. The summed E-state index contributed by atoms with van der Waals surface area (Å²) in [5.74, 6) is 0.763. The molecule has 86 valence electrons. The van der Waals surface area contributed by atoms with Gasteiger partial charge in [0.15, 0.2) is 5.82 Å². The zero-order valence-corrected chi connectivity index (χ0v) is 10.8. The van der Waals surface area contributed by atoms with Crippen molar-refractivity contribution >= 4 is 21.6 Å². The third-order valence-corrected chi connectivity index (χ3v) is 3.71. The normalized spacial score (nSPS) is 11.6. The number of rotatable bonds is 2. The minimum absolute atomic E-state index is 0.0110. The molecule has 0 atom stereocenters. The molecule has 2 aromatic rings. The van der Waals surface area contributed by atoms with Crippen LogP contribution in [0, 0.1) is 13.8 Å². The summed E-state index contributed by atoms with van der Waals surface area (Å²) in [5, 5.41) is 0.750. The van der Waals surface area contributed by atoms with E-state index in [-0.39, 0.29) is 5.56 Å². The monoisotopic (exact) mass is 238 g/mol. The molecular weight excluding hydrogens is 222 g/mol. The average Bonchev–Trinajstić information content (AvgIpc) is 2.41. The molecular formula is C11H16N3OS+. The highest BCUT2D eigenvalue weighted by molar-refractivity contribution is 7.18. The van der Waals surface area contributed by atoms with E-state index in [0.29, 0.717) is 0 Å². The van der Waals surface area contributed by atoms with Crippen LogP contribution < -0.4 is 10.5 Å². The van der Waals surface area contributed by atoms with E-state index >= 15 is 0 Å². The SMILES string of the molecule is Cc1sc2nc(C[NH+](C)C)[nH]c(=O)c2c1C. The van der Waals surface area contributed by atoms with Gasteiger partial charge in [-0.2, -0.15) is 0 Å². The van der Waals surface area contributed by atoms with Crippen LogP contribution in [0.1, 0.15) is 16.3 Å². The van der Waals surface area contributed by atoms with Gasteiger partial charge in [0, 0.05) is 4.88 Å². The van der Waals surface area contributed by atoms with E-state index in [4.69, 9.17) is 0 Å². The lowest BCUT2D eigenvalue weighted by atomic mass is 10.2. The highest BCUT2D eigenvalue weighted by Gasteiger charge is 2.12. The van der Waals surface area contributed by atoms with E-state index in [1.54, 1.807) is 11.3 Å². The van der Waals surface area contributed by atoms with Crippen LogP contribution in [0.4, 0.5) is 0 Å². The topological polar surface area (TPSA) is 50.2 Å². The van der Waals surface area contributed by atoms with Crippen LogP contribution in [-0.4, -0.2) is 24.1 Å². The van der Waals surface area contributed by atoms with E-state index in [0.717, 1.165) is 28.1 Å². The molecule has 4 nitrogen and oxygen atoms in total. The maximum absolute atomic E-state index is 11.9. The van der Waals surface area contributed by atoms with E-state index < -0.39 is 0 Å². The van der Waals surface area contributed by atoms with Gasteiger partial charge in [0.25, 0.3) is 5.56 Å². The number of hydrogen-bond donors (Lipinski definition) is 2. The Balaban J connectivity index is 2.64. The zero-order chi connectivity index (χ0) is 11.9. The van der Waals surface area contributed by atoms with Gasteiger partial charge in [-0.05, 0) is 19.4 Å². The average molecular weight is 238 g/mol. The van der Waals surface area contributed by atoms with Crippen LogP contribution in [0.2, 0.25) is 0 Å². The Labute approximate surface area is 97.9 Å². The number of H-pyrrole nitrogens is 1. The molecule has 2 rings (SSSR count). The second-order valence-electron chi connectivity index (χ2n) is 4.36. The van der Waals surface area contributed by atoms with Gasteiger partial charge < -0.3 is 9.88 Å². The standard InChI is InChI=1S/C11H15N3OS/c1-6-7(2)16-11-9(6)10(15)12-8(13-11)5-14(3)4/h5H2,1-4H3,(H,12,13,15)/p+1. The molecule has 0 aliphatic carbocycles. The summed E-state index contributed by atoms with van der Waals surface area (Å²) in [7, 11) is 4.07. The van der Waals surface area contributed by atoms with Crippen LogP contribution in [0.15, 0.2) is 4.79 Å². The summed E-state index contributed by atoms with van der Waals surface area (Å²) in [4.78, 5) is 22.5. The van der Waals surface area contributed by atoms with Crippen molar-refractivity contribution in [1.82, 2.24) is 9.97 Å². The Hall–Kier alpha value is -1.20. The number of fused-ring (bicyclic) bond motifs is 1. The molecule has 16 heavy (non-hydrogen) atoms. The number of aromatic amines is 1. The first-order chi connectivity index (χ1) is 7.49. The van der Waals surface area contributed by atoms with Gasteiger partial charge in [0.1, 0.15) is 11.4 Å². The molecule has 0 aliphatic heterocycles. The fraction of sp³-hybridized carbons (Fsp3) is 0.455. The number of hydrogen-bond acceptors (Lipinski definition) is 3. The number of thiophene rings is 1. The van der Waals surface area contributed by atoms with E-state index in [9.17, 15) is 4.79 Å². The summed E-state index contributed by atoms with van der Waals surface area (Å²) in [5.41, 5.74) is 1.04. The zero-order valence-electron chi connectivity index (χ0n) is 9.97. The van der Waals surface area contributed by atoms with Crippen molar-refractivity contribution in [3.8, 4) is 0 Å². The first-order valence-electron chi connectivity index (χ1n) is 5.27. The highest BCUT2D eigenvalue weighted by Crippen LogP contribution is 2.25. The molecule has 2 aromatic heterocycles. The summed E-state index contributed by atoms with van der Waals surface area (Å²) in [6.45, 7) is 4.74. The molecule has 0 radical (unpaired) electrons. The molecule has 0 aliphatic rings. The van der Waals surface area contributed by atoms with Crippen molar-refractivity contribution in [2.75, 3.05) is 14.1 Å². The predicted octanol–water partition coefficient (Wildman–Crippen LogP) is 0.246. The third kappa shape index (κ3) is 1.88. The van der Waals surface area contributed by atoms with E-state index in [1.807, 2.05) is 27.9 Å². The summed E-state index contributed by atoms with van der Waals surface area (Å²) in [6.07, 6.45) is 0. The van der Waals surface area contributed by atoms with Crippen LogP contribution >= 0.6 is 11.3 Å². The van der Waals surface area contributed by atoms with Crippen molar-refractivity contribution in [1.29, 1.82) is 0 Å². The smallest absolute Gasteiger partial charge is 0.260 e. The Bertz CT molecular complexity index is 583. The van der Waals surface area contributed by atoms with Crippen LogP contribution in [-0.2, 0) is 6.54 Å². The van der Waals surface area contributed by atoms with Gasteiger partial charge in [0.2, 0.25) is 0 Å². The van der Waals surface area contributed by atoms with Gasteiger partial charge in [0.05, 0.1) is 19.5 Å². The number of nitrogens with zero attached hydrogens (tertiary/aromatic N) is 1. The Morgan fingerprint density at radius 1 is 1.38 bits per heavy atom. The first kappa shape index (κ1) is 11.3. The third-order valence-electron chi connectivity index (χ3n) is 2.61. The molecule has 2 N–H and O–H groups in total. The van der Waals surface area contributed by atoms with E-state index in [2.05, 4.69) is 9.97 Å². The fourth-order valence-electron chi connectivity index (χ4n) is 1.72. The molecule has 2 heterocycles. The molecule has 0 saturated heterocycles. The summed E-state index contributed by atoms with van der Waals surface area (Å²) >= 11 is 1.59. The van der Waals surface area contributed by atoms with Crippen LogP contribution in [0.5, 0.6) is 0 Å². The Morgan fingerprint density at radius 2 is 2.06 bits per heavy atom. The number of aromatic nitrogens is 2. The minimum Gasteiger partial charge on any atom is -0.334 e. The predicted molar refractivity (Wildman–Crippen MR) is 66.2 cm³/mol. The first-order valence-corrected chi connectivity index (χ1v) is 6.08. The molecule has 0 amide bonds. The molecule has 0 fully saturated rings. The van der Waals surface area contributed by atoms with Crippen molar-refractivity contribution in [2.24, 2.45) is 0 Å². The van der Waals surface area contributed by atoms with Crippen LogP contribution in [0.3, 0.4) is 0 Å². The lowest BCUT2D eigenvalue weighted by Gasteiger charge is -2.05. The number of aryl methyl sites for hydroxylation is 2. The molecule has 0 bridgehead atoms. The lowest BCUT2D eigenvalue weighted by Crippen LogP contribution is -3.04. The van der Waals surface area contributed by atoms with Crippen LogP contribution in [0.25, 0.3) is 10.2 Å². The van der Waals surface area contributed by atoms with Gasteiger partial charge in [-0.25, -0.2) is 4.98 Å². The molecule has 0 spiro atoms. The molecule has 5 heteroatoms. The Morgan fingerprint density at radius 3 is 2.69 bits per heavy atom. The van der Waals surface area contributed by atoms with Gasteiger partial charge in [-0.15, -0.1) is 11.3 Å². The number of quaternary nitrogens is 1. The van der Waals surface area contributed by atoms with E-state index in [1.165, 1.54) is 9.78 Å². The van der Waals surface area contributed by atoms with Crippen molar-refractivity contribution in [2.45, 2.75) is 20.4 Å². The second-order valence-corrected chi connectivity index (χ2v) is 5.56. The highest BCUT2D eigenvalue weighted by atomic mass is 32.1. The molecule has 0 saturated carbocycles.